The number of aromatic amines is 1. The van der Waals surface area contributed by atoms with Gasteiger partial charge in [-0.05, 0) is 23.8 Å². The van der Waals surface area contributed by atoms with E-state index < -0.39 is 47.0 Å². The monoisotopic (exact) mass is 475 g/mol. The lowest BCUT2D eigenvalue weighted by Gasteiger charge is -2.36. The van der Waals surface area contributed by atoms with Crippen LogP contribution in [0.15, 0.2) is 21.9 Å². The Kier molecular flexibility index (Phi) is 5.72. The first-order valence-corrected chi connectivity index (χ1v) is 12.6. The van der Waals surface area contributed by atoms with Gasteiger partial charge in [-0.2, -0.15) is 5.21 Å². The van der Waals surface area contributed by atoms with Gasteiger partial charge in [-0.3, -0.25) is 0 Å². The van der Waals surface area contributed by atoms with Crippen LogP contribution in [0.25, 0.3) is 11.4 Å². The van der Waals surface area contributed by atoms with Crippen molar-refractivity contribution in [3.63, 3.8) is 0 Å². The number of H-pyrrole nitrogens is 1. The van der Waals surface area contributed by atoms with Gasteiger partial charge >= 0.3 is 0 Å². The summed E-state index contributed by atoms with van der Waals surface area (Å²) in [6, 6.07) is 2.59. The number of sulfonamides is 1. The van der Waals surface area contributed by atoms with Crippen LogP contribution in [0.4, 0.5) is 10.1 Å². The van der Waals surface area contributed by atoms with Gasteiger partial charge < -0.3 is 15.3 Å². The summed E-state index contributed by atoms with van der Waals surface area (Å²) in [6.45, 7) is 0.244. The van der Waals surface area contributed by atoms with Crippen LogP contribution >= 0.6 is 0 Å². The topological polar surface area (TPSA) is 184 Å². The second kappa shape index (κ2) is 8.05. The van der Waals surface area contributed by atoms with Gasteiger partial charge in [-0.25, -0.2) is 26.4 Å². The number of hydrogen-bond acceptors (Lipinski definition) is 10. The first-order valence-electron chi connectivity index (χ1n) is 9.52. The quantitative estimate of drug-likeness (QED) is 0.380. The van der Waals surface area contributed by atoms with Gasteiger partial charge in [0.25, 0.3) is 0 Å². The number of piperidine rings is 1. The van der Waals surface area contributed by atoms with E-state index in [0.717, 1.165) is 0 Å². The molecule has 15 heteroatoms. The number of aliphatic hydroxyl groups is 1. The van der Waals surface area contributed by atoms with Gasteiger partial charge in [0.2, 0.25) is 15.8 Å². The number of sulfone groups is 1. The van der Waals surface area contributed by atoms with Crippen LogP contribution in [-0.2, 0) is 19.9 Å². The minimum absolute atomic E-state index is 0.126. The molecule has 0 bridgehead atoms. The van der Waals surface area contributed by atoms with Crippen molar-refractivity contribution in [1.82, 2.24) is 25.9 Å². The number of halogens is 1. The average molecular weight is 476 g/mol. The third-order valence-corrected chi connectivity index (χ3v) is 8.98. The molecule has 2 aliphatic heterocycles. The van der Waals surface area contributed by atoms with Crippen LogP contribution in [0.2, 0.25) is 0 Å². The Hall–Kier alpha value is -2.20. The highest BCUT2D eigenvalue weighted by molar-refractivity contribution is 7.94. The molecule has 2 aromatic rings. The standard InChI is InChI=1S/C16H22FN7O5S2/c17-11-7-24(4-3-9(11)8-25)12-1-2-13(30(26,27)10-5-19-6-10)15(31(18,28)29)14(12)16-20-22-23-21-16/h1-2,9-11,19,25H,3-8H2,(H2,18,28,29)(H,20,21,22,23)/t9-,11-/m1/s1. The van der Waals surface area contributed by atoms with Crippen LogP contribution in [-0.4, -0.2) is 86.8 Å². The average Bonchev–Trinajstić information content (AvgIpc) is 3.18. The van der Waals surface area contributed by atoms with Crippen LogP contribution in [0.1, 0.15) is 6.42 Å². The number of aliphatic hydroxyl groups excluding tert-OH is 1. The Bertz CT molecular complexity index is 1170. The minimum atomic E-state index is -4.56. The predicted octanol–water partition coefficient (Wildman–Crippen LogP) is -1.58. The molecule has 1 aromatic heterocycles. The first kappa shape index (κ1) is 22.0. The van der Waals surface area contributed by atoms with E-state index in [9.17, 15) is 26.3 Å². The summed E-state index contributed by atoms with van der Waals surface area (Å²) in [5.41, 5.74) is 0.0643. The summed E-state index contributed by atoms with van der Waals surface area (Å²) in [5, 5.41) is 30.2. The number of primary sulfonamides is 1. The Labute approximate surface area is 178 Å². The molecule has 31 heavy (non-hydrogen) atoms. The number of rotatable bonds is 6. The zero-order chi connectivity index (χ0) is 22.4. The van der Waals surface area contributed by atoms with Gasteiger partial charge in [-0.15, -0.1) is 10.2 Å². The number of alkyl halides is 1. The number of hydrogen-bond donors (Lipinski definition) is 4. The summed E-state index contributed by atoms with van der Waals surface area (Å²) >= 11 is 0. The van der Waals surface area contributed by atoms with Crippen LogP contribution in [0, 0.1) is 5.92 Å². The molecular weight excluding hydrogens is 453 g/mol. The molecule has 2 fully saturated rings. The highest BCUT2D eigenvalue weighted by Gasteiger charge is 2.40. The second-order valence-electron chi connectivity index (χ2n) is 7.59. The molecule has 0 saturated carbocycles. The molecule has 12 nitrogen and oxygen atoms in total. The van der Waals surface area contributed by atoms with Gasteiger partial charge in [-0.1, -0.05) is 0 Å². The smallest absolute Gasteiger partial charge is 0.240 e. The zero-order valence-electron chi connectivity index (χ0n) is 16.3. The summed E-state index contributed by atoms with van der Waals surface area (Å²) in [7, 11) is -8.60. The van der Waals surface area contributed by atoms with E-state index in [-0.39, 0.29) is 43.3 Å². The number of benzene rings is 1. The Morgan fingerprint density at radius 2 is 2.00 bits per heavy atom. The lowest BCUT2D eigenvalue weighted by Crippen LogP contribution is -2.51. The van der Waals surface area contributed by atoms with Crippen LogP contribution in [0.3, 0.4) is 0 Å². The Balaban J connectivity index is 1.94. The number of nitrogens with zero attached hydrogens (tertiary/aromatic N) is 4. The number of nitrogens with two attached hydrogens (primary N) is 1. The van der Waals surface area contributed by atoms with Crippen LogP contribution in [0.5, 0.6) is 0 Å². The molecular formula is C16H22FN7O5S2. The molecule has 0 unspecified atom stereocenters. The van der Waals surface area contributed by atoms with Gasteiger partial charge in [0.1, 0.15) is 11.1 Å². The van der Waals surface area contributed by atoms with Gasteiger partial charge in [0, 0.05) is 44.4 Å². The fraction of sp³-hybridized carbons (Fsp3) is 0.562. The summed E-state index contributed by atoms with van der Waals surface area (Å²) in [4.78, 5) is 0.475. The highest BCUT2D eigenvalue weighted by atomic mass is 32.2. The van der Waals surface area contributed by atoms with Crippen molar-refractivity contribution in [2.24, 2.45) is 11.1 Å². The van der Waals surface area contributed by atoms with E-state index in [1.165, 1.54) is 12.1 Å². The second-order valence-corrected chi connectivity index (χ2v) is 11.3. The SMILES string of the molecule is NS(=O)(=O)c1c(S(=O)(=O)C2CNC2)ccc(N2CC[C@H](CO)[C@H](F)C2)c1-c1nn[nH]n1. The highest BCUT2D eigenvalue weighted by Crippen LogP contribution is 2.40. The normalized spacial score (nSPS) is 23.0. The van der Waals surface area contributed by atoms with Crippen molar-refractivity contribution in [2.75, 3.05) is 37.7 Å². The maximum atomic E-state index is 14.5. The number of nitrogens with one attached hydrogen (secondary N) is 2. The van der Waals surface area contributed by atoms with E-state index in [0.29, 0.717) is 13.0 Å². The fourth-order valence-corrected chi connectivity index (χ4v) is 7.02. The fourth-order valence-electron chi connectivity index (χ4n) is 3.85. The third kappa shape index (κ3) is 3.91. The van der Waals surface area contributed by atoms with Crippen molar-refractivity contribution in [3.8, 4) is 11.4 Å². The molecule has 0 amide bonds. The van der Waals surface area contributed by atoms with E-state index in [1.54, 1.807) is 4.90 Å². The van der Waals surface area contributed by atoms with Gasteiger partial charge in [0.15, 0.2) is 9.84 Å². The lowest BCUT2D eigenvalue weighted by molar-refractivity contribution is 0.121. The molecule has 170 valence electrons. The molecule has 2 saturated heterocycles. The molecule has 4 rings (SSSR count). The maximum Gasteiger partial charge on any atom is 0.240 e. The molecule has 3 heterocycles. The number of aromatic nitrogens is 4. The summed E-state index contributed by atoms with van der Waals surface area (Å²) < 4.78 is 66.0. The molecule has 5 N–H and O–H groups in total. The molecule has 0 spiro atoms. The van der Waals surface area contributed by atoms with E-state index >= 15 is 0 Å². The number of anilines is 1. The van der Waals surface area contributed by atoms with E-state index in [2.05, 4.69) is 25.9 Å². The van der Waals surface area contributed by atoms with Crippen molar-refractivity contribution in [2.45, 2.75) is 27.6 Å². The molecule has 0 radical (unpaired) electrons. The van der Waals surface area contributed by atoms with Crippen molar-refractivity contribution < 1.29 is 26.3 Å². The summed E-state index contributed by atoms with van der Waals surface area (Å²) in [5.74, 6) is -0.712. The van der Waals surface area contributed by atoms with Crippen molar-refractivity contribution >= 4 is 25.5 Å². The summed E-state index contributed by atoms with van der Waals surface area (Å²) in [6.07, 6.45) is -1.04. The minimum Gasteiger partial charge on any atom is -0.396 e. The Morgan fingerprint density at radius 3 is 2.52 bits per heavy atom. The van der Waals surface area contributed by atoms with E-state index in [4.69, 9.17) is 5.14 Å². The van der Waals surface area contributed by atoms with Crippen molar-refractivity contribution in [3.05, 3.63) is 12.1 Å². The van der Waals surface area contributed by atoms with E-state index in [1.807, 2.05) is 0 Å². The predicted molar refractivity (Wildman–Crippen MR) is 107 cm³/mol. The number of tetrazole rings is 1. The lowest BCUT2D eigenvalue weighted by atomic mass is 9.95. The molecule has 0 aliphatic carbocycles. The van der Waals surface area contributed by atoms with Gasteiger partial charge in [0.05, 0.1) is 15.7 Å². The molecule has 2 aliphatic rings. The first-order chi connectivity index (χ1) is 14.6. The molecule has 1 aromatic carbocycles. The van der Waals surface area contributed by atoms with Crippen LogP contribution < -0.4 is 15.4 Å². The van der Waals surface area contributed by atoms with Crippen molar-refractivity contribution in [1.29, 1.82) is 0 Å². The zero-order valence-corrected chi connectivity index (χ0v) is 17.9. The Morgan fingerprint density at radius 1 is 1.26 bits per heavy atom. The maximum absolute atomic E-state index is 14.5. The molecule has 2 atom stereocenters. The third-order valence-electron chi connectivity index (χ3n) is 5.69. The largest absolute Gasteiger partial charge is 0.396 e.